The van der Waals surface area contributed by atoms with Gasteiger partial charge in [0, 0.05) is 11.6 Å². The van der Waals surface area contributed by atoms with E-state index in [1.807, 2.05) is 0 Å². The molecule has 1 aromatic heterocycles. The summed E-state index contributed by atoms with van der Waals surface area (Å²) in [6.07, 6.45) is 1.86. The second-order valence-corrected chi connectivity index (χ2v) is 4.85. The highest BCUT2D eigenvalue weighted by Gasteiger charge is 2.27. The Labute approximate surface area is 115 Å². The van der Waals surface area contributed by atoms with Crippen molar-refractivity contribution in [2.45, 2.75) is 19.4 Å². The maximum atomic E-state index is 13.5. The predicted molar refractivity (Wildman–Crippen MR) is 65.0 cm³/mol. The van der Waals surface area contributed by atoms with E-state index in [2.05, 4.69) is 10.3 Å². The maximum absolute atomic E-state index is 13.5. The van der Waals surface area contributed by atoms with Crippen molar-refractivity contribution < 1.29 is 22.0 Å². The van der Waals surface area contributed by atoms with Crippen LogP contribution in [0, 0.1) is 29.1 Å². The Morgan fingerprint density at radius 2 is 1.60 bits per heavy atom. The van der Waals surface area contributed by atoms with Gasteiger partial charge in [0.15, 0.2) is 23.3 Å². The van der Waals surface area contributed by atoms with E-state index in [-0.39, 0.29) is 0 Å². The van der Waals surface area contributed by atoms with E-state index in [9.17, 15) is 22.0 Å². The van der Waals surface area contributed by atoms with Crippen LogP contribution in [0.1, 0.15) is 24.4 Å². The molecule has 0 amide bonds. The van der Waals surface area contributed by atoms with Crippen molar-refractivity contribution in [1.29, 1.82) is 0 Å². The van der Waals surface area contributed by atoms with Gasteiger partial charge in [-0.2, -0.15) is 0 Å². The quantitative estimate of drug-likeness (QED) is 0.514. The summed E-state index contributed by atoms with van der Waals surface area (Å²) in [7, 11) is 0. The average Bonchev–Trinajstić information content (AvgIpc) is 2.97. The van der Waals surface area contributed by atoms with Crippen LogP contribution in [0.25, 0.3) is 0 Å². The van der Waals surface area contributed by atoms with E-state index >= 15 is 0 Å². The fourth-order valence-corrected chi connectivity index (χ4v) is 2.42. The lowest BCUT2D eigenvalue weighted by molar-refractivity contribution is 0.380. The number of thiazole rings is 1. The number of benzene rings is 1. The van der Waals surface area contributed by atoms with Crippen LogP contribution in [0.2, 0.25) is 0 Å². The topological polar surface area (TPSA) is 24.9 Å². The third kappa shape index (κ3) is 2.47. The molecule has 0 aliphatic carbocycles. The van der Waals surface area contributed by atoms with Crippen LogP contribution >= 0.6 is 11.3 Å². The largest absolute Gasteiger partial charge is 0.371 e. The molecule has 2 rings (SSSR count). The second-order valence-electron chi connectivity index (χ2n) is 3.92. The number of hydrogen-bond donors (Lipinski definition) is 1. The number of aromatic nitrogens is 1. The first-order valence-electron chi connectivity index (χ1n) is 5.64. The highest BCUT2D eigenvalue weighted by atomic mass is 32.1. The Morgan fingerprint density at radius 1 is 1.05 bits per heavy atom. The highest BCUT2D eigenvalue weighted by Crippen LogP contribution is 2.31. The minimum atomic E-state index is -2.17. The molecule has 20 heavy (non-hydrogen) atoms. The lowest BCUT2D eigenvalue weighted by atomic mass is 10.2. The molecule has 0 saturated heterocycles. The molecule has 108 valence electrons. The Morgan fingerprint density at radius 3 is 2.05 bits per heavy atom. The van der Waals surface area contributed by atoms with Gasteiger partial charge in [-0.05, 0) is 6.42 Å². The SMILES string of the molecule is CCC(Nc1c(F)c(F)c(F)c(F)c1F)c1nccs1. The Kier molecular flexibility index (Phi) is 4.22. The van der Waals surface area contributed by atoms with Crippen LogP contribution in [0.5, 0.6) is 0 Å². The normalized spacial score (nSPS) is 12.5. The third-order valence-electron chi connectivity index (χ3n) is 2.69. The summed E-state index contributed by atoms with van der Waals surface area (Å²) in [5.41, 5.74) is -1.04. The van der Waals surface area contributed by atoms with Crippen LogP contribution in [0.15, 0.2) is 11.6 Å². The summed E-state index contributed by atoms with van der Waals surface area (Å²) in [4.78, 5) is 3.95. The van der Waals surface area contributed by atoms with Gasteiger partial charge in [0.2, 0.25) is 5.82 Å². The van der Waals surface area contributed by atoms with Gasteiger partial charge in [0.1, 0.15) is 10.7 Å². The first kappa shape index (κ1) is 14.7. The molecule has 8 heteroatoms. The zero-order chi connectivity index (χ0) is 14.9. The molecule has 1 unspecified atom stereocenters. The van der Waals surface area contributed by atoms with Crippen molar-refractivity contribution in [3.63, 3.8) is 0 Å². The van der Waals surface area contributed by atoms with Gasteiger partial charge >= 0.3 is 0 Å². The molecule has 0 aliphatic rings. The van der Waals surface area contributed by atoms with E-state index in [4.69, 9.17) is 0 Å². The van der Waals surface area contributed by atoms with E-state index in [0.717, 1.165) is 0 Å². The van der Waals surface area contributed by atoms with Crippen LogP contribution in [-0.2, 0) is 0 Å². The fraction of sp³-hybridized carbons (Fsp3) is 0.250. The van der Waals surface area contributed by atoms with Gasteiger partial charge in [0.25, 0.3) is 0 Å². The predicted octanol–water partition coefficient (Wildman–Crippen LogP) is 4.40. The minimum absolute atomic E-state index is 0.368. The van der Waals surface area contributed by atoms with Crippen LogP contribution in [0.3, 0.4) is 0 Å². The third-order valence-corrected chi connectivity index (χ3v) is 3.58. The molecule has 1 N–H and O–H groups in total. The van der Waals surface area contributed by atoms with E-state index in [1.165, 1.54) is 17.5 Å². The van der Waals surface area contributed by atoms with Gasteiger partial charge in [0.05, 0.1) is 6.04 Å². The van der Waals surface area contributed by atoms with Crippen LogP contribution in [-0.4, -0.2) is 4.98 Å². The molecule has 1 aromatic carbocycles. The first-order valence-corrected chi connectivity index (χ1v) is 6.52. The molecule has 2 nitrogen and oxygen atoms in total. The molecule has 0 fully saturated rings. The zero-order valence-electron chi connectivity index (χ0n) is 10.2. The summed E-state index contributed by atoms with van der Waals surface area (Å²) < 4.78 is 66.2. The van der Waals surface area contributed by atoms with Crippen LogP contribution < -0.4 is 5.32 Å². The standard InChI is InChI=1S/C12H9F5N2S/c1-2-5(12-18-3-4-20-12)19-11-9(16)7(14)6(13)8(15)10(11)17/h3-5,19H,2H2,1H3. The minimum Gasteiger partial charge on any atom is -0.371 e. The highest BCUT2D eigenvalue weighted by molar-refractivity contribution is 7.09. The van der Waals surface area contributed by atoms with Gasteiger partial charge in [-0.1, -0.05) is 6.92 Å². The van der Waals surface area contributed by atoms with Gasteiger partial charge in [-0.3, -0.25) is 0 Å². The summed E-state index contributed by atoms with van der Waals surface area (Å²) in [6, 6.07) is -0.636. The average molecular weight is 308 g/mol. The Bertz CT molecular complexity index is 586. The lowest BCUT2D eigenvalue weighted by Crippen LogP contribution is -2.15. The Balaban J connectivity index is 2.43. The van der Waals surface area contributed by atoms with E-state index in [1.54, 1.807) is 12.3 Å². The van der Waals surface area contributed by atoms with Crippen LogP contribution in [0.4, 0.5) is 27.6 Å². The molecular weight excluding hydrogens is 299 g/mol. The van der Waals surface area contributed by atoms with Crippen molar-refractivity contribution in [2.75, 3.05) is 5.32 Å². The molecule has 0 aliphatic heterocycles. The zero-order valence-corrected chi connectivity index (χ0v) is 11.0. The second kappa shape index (κ2) is 5.74. The molecule has 0 bridgehead atoms. The van der Waals surface area contributed by atoms with Crippen molar-refractivity contribution in [2.24, 2.45) is 0 Å². The number of anilines is 1. The molecule has 1 heterocycles. The number of hydrogen-bond acceptors (Lipinski definition) is 3. The van der Waals surface area contributed by atoms with Crippen molar-refractivity contribution in [3.8, 4) is 0 Å². The Hall–Kier alpha value is -1.70. The molecule has 0 spiro atoms. The summed E-state index contributed by atoms with van der Waals surface area (Å²) in [5.74, 6) is -9.87. The van der Waals surface area contributed by atoms with Crippen molar-refractivity contribution >= 4 is 17.0 Å². The van der Waals surface area contributed by atoms with Crippen molar-refractivity contribution in [3.05, 3.63) is 45.7 Å². The number of nitrogens with one attached hydrogen (secondary N) is 1. The maximum Gasteiger partial charge on any atom is 0.200 e. The van der Waals surface area contributed by atoms with Gasteiger partial charge < -0.3 is 5.32 Å². The number of rotatable bonds is 4. The molecule has 0 saturated carbocycles. The van der Waals surface area contributed by atoms with E-state index < -0.39 is 40.8 Å². The lowest BCUT2D eigenvalue weighted by Gasteiger charge is -2.17. The van der Waals surface area contributed by atoms with E-state index in [0.29, 0.717) is 11.4 Å². The fourth-order valence-electron chi connectivity index (χ4n) is 1.65. The monoisotopic (exact) mass is 308 g/mol. The molecular formula is C12H9F5N2S. The summed E-state index contributed by atoms with van der Waals surface area (Å²) in [5, 5.41) is 4.48. The number of halogens is 5. The van der Waals surface area contributed by atoms with Gasteiger partial charge in [-0.15, -0.1) is 11.3 Å². The number of nitrogens with zero attached hydrogens (tertiary/aromatic N) is 1. The molecule has 2 aromatic rings. The first-order chi connectivity index (χ1) is 9.47. The smallest absolute Gasteiger partial charge is 0.200 e. The molecule has 1 atom stereocenters. The van der Waals surface area contributed by atoms with Crippen molar-refractivity contribution in [1.82, 2.24) is 4.98 Å². The summed E-state index contributed by atoms with van der Waals surface area (Å²) in [6.45, 7) is 1.70. The molecule has 0 radical (unpaired) electrons. The van der Waals surface area contributed by atoms with Gasteiger partial charge in [-0.25, -0.2) is 26.9 Å². The summed E-state index contributed by atoms with van der Waals surface area (Å²) >= 11 is 1.22.